The van der Waals surface area contributed by atoms with Crippen molar-refractivity contribution in [2.75, 3.05) is 20.2 Å². The Morgan fingerprint density at radius 3 is 2.83 bits per heavy atom. The molecule has 2 aliphatic rings. The minimum absolute atomic E-state index is 0.0281. The fourth-order valence-electron chi connectivity index (χ4n) is 5.06. The molecule has 2 atom stereocenters. The number of rotatable bonds is 3. The van der Waals surface area contributed by atoms with E-state index >= 15 is 0 Å². The summed E-state index contributed by atoms with van der Waals surface area (Å²) in [7, 11) is 1.58. The van der Waals surface area contributed by atoms with Crippen LogP contribution in [-0.4, -0.2) is 41.7 Å². The van der Waals surface area contributed by atoms with E-state index in [0.29, 0.717) is 36.4 Å². The van der Waals surface area contributed by atoms with Gasteiger partial charge in [0, 0.05) is 30.0 Å². The molecule has 2 aromatic rings. The zero-order chi connectivity index (χ0) is 20.8. The molecule has 1 amide bonds. The minimum atomic E-state index is -0.622. The van der Waals surface area contributed by atoms with E-state index in [1.165, 1.54) is 0 Å². The largest absolute Gasteiger partial charge is 0.496 e. The van der Waals surface area contributed by atoms with E-state index in [9.17, 15) is 14.7 Å². The molecule has 4 rings (SSSR count). The average molecular weight is 399 g/mol. The van der Waals surface area contributed by atoms with Gasteiger partial charge in [-0.2, -0.15) is 0 Å². The first kappa shape index (κ1) is 20.0. The van der Waals surface area contributed by atoms with Gasteiger partial charge < -0.3 is 19.2 Å². The SMILES string of the molecule is COc1ccc2c(C)c(CC(=O)N3CC[C@@]4(O)CCCC[C@@H]4C3)c(=O)oc2c1C. The number of ether oxygens (including phenoxy) is 1. The van der Waals surface area contributed by atoms with Crippen LogP contribution in [0.5, 0.6) is 5.75 Å². The molecule has 6 nitrogen and oxygen atoms in total. The molecule has 1 aromatic heterocycles. The van der Waals surface area contributed by atoms with E-state index in [4.69, 9.17) is 9.15 Å². The van der Waals surface area contributed by atoms with E-state index in [0.717, 1.165) is 42.2 Å². The number of likely N-dealkylation sites (tertiary alicyclic amines) is 1. The molecular weight excluding hydrogens is 370 g/mol. The van der Waals surface area contributed by atoms with Gasteiger partial charge in [-0.3, -0.25) is 4.79 Å². The van der Waals surface area contributed by atoms with Crippen LogP contribution in [0.1, 0.15) is 48.8 Å². The summed E-state index contributed by atoms with van der Waals surface area (Å²) in [5, 5.41) is 11.7. The number of hydrogen-bond acceptors (Lipinski definition) is 5. The molecule has 1 aliphatic heterocycles. The van der Waals surface area contributed by atoms with Crippen LogP contribution in [0.2, 0.25) is 0 Å². The summed E-state index contributed by atoms with van der Waals surface area (Å²) in [6, 6.07) is 3.72. The Bertz CT molecular complexity index is 1010. The Kier molecular flexibility index (Phi) is 5.15. The van der Waals surface area contributed by atoms with Crippen LogP contribution in [0.25, 0.3) is 11.0 Å². The highest BCUT2D eigenvalue weighted by Crippen LogP contribution is 2.40. The normalized spacial score (nSPS) is 24.4. The molecule has 1 saturated heterocycles. The van der Waals surface area contributed by atoms with Gasteiger partial charge in [-0.15, -0.1) is 0 Å². The molecule has 0 radical (unpaired) electrons. The third-order valence-electron chi connectivity index (χ3n) is 6.98. The first-order valence-corrected chi connectivity index (χ1v) is 10.4. The van der Waals surface area contributed by atoms with Gasteiger partial charge in [0.15, 0.2) is 0 Å². The Hall–Kier alpha value is -2.34. The van der Waals surface area contributed by atoms with Gasteiger partial charge in [0.1, 0.15) is 11.3 Å². The second-order valence-electron chi connectivity index (χ2n) is 8.58. The number of hydrogen-bond donors (Lipinski definition) is 1. The van der Waals surface area contributed by atoms with E-state index < -0.39 is 11.2 Å². The predicted octanol–water partition coefficient (Wildman–Crippen LogP) is 3.11. The van der Waals surface area contributed by atoms with Gasteiger partial charge in [0.05, 0.1) is 24.7 Å². The number of carbonyl (C=O) groups is 1. The summed E-state index contributed by atoms with van der Waals surface area (Å²) in [5.74, 6) is 0.730. The van der Waals surface area contributed by atoms with E-state index in [1.54, 1.807) is 7.11 Å². The summed E-state index contributed by atoms with van der Waals surface area (Å²) in [4.78, 5) is 27.5. The highest BCUT2D eigenvalue weighted by molar-refractivity contribution is 5.87. The quantitative estimate of drug-likeness (QED) is 0.802. The Balaban J connectivity index is 1.59. The van der Waals surface area contributed by atoms with E-state index in [-0.39, 0.29) is 18.2 Å². The number of fused-ring (bicyclic) bond motifs is 2. The smallest absolute Gasteiger partial charge is 0.340 e. The number of aliphatic hydroxyl groups is 1. The zero-order valence-corrected chi connectivity index (χ0v) is 17.4. The molecule has 0 unspecified atom stereocenters. The number of methoxy groups -OCH3 is 1. The van der Waals surface area contributed by atoms with Gasteiger partial charge in [-0.25, -0.2) is 4.79 Å². The third-order valence-corrected chi connectivity index (χ3v) is 6.98. The molecule has 2 fully saturated rings. The minimum Gasteiger partial charge on any atom is -0.496 e. The summed E-state index contributed by atoms with van der Waals surface area (Å²) >= 11 is 0. The summed E-state index contributed by atoms with van der Waals surface area (Å²) in [6.07, 6.45) is 4.59. The Morgan fingerprint density at radius 1 is 1.28 bits per heavy atom. The van der Waals surface area contributed by atoms with Crippen LogP contribution in [0, 0.1) is 19.8 Å². The van der Waals surface area contributed by atoms with Gasteiger partial charge in [0.2, 0.25) is 5.91 Å². The highest BCUT2D eigenvalue weighted by atomic mass is 16.5. The van der Waals surface area contributed by atoms with Crippen molar-refractivity contribution in [2.45, 2.75) is 58.0 Å². The van der Waals surface area contributed by atoms with Crippen molar-refractivity contribution < 1.29 is 19.1 Å². The fourth-order valence-corrected chi connectivity index (χ4v) is 5.06. The van der Waals surface area contributed by atoms with Gasteiger partial charge in [-0.1, -0.05) is 12.8 Å². The maximum Gasteiger partial charge on any atom is 0.340 e. The standard InChI is InChI=1S/C23H29NO5/c1-14-17-7-8-19(28-3)15(2)21(17)29-22(26)18(14)12-20(25)24-11-10-23(27)9-5-4-6-16(23)13-24/h7-8,16,27H,4-6,9-13H2,1-3H3/t16-,23+/m1/s1. The Labute approximate surface area is 170 Å². The van der Waals surface area contributed by atoms with Gasteiger partial charge in [-0.05, 0) is 50.8 Å². The topological polar surface area (TPSA) is 80.0 Å². The number of nitrogens with zero attached hydrogens (tertiary/aromatic N) is 1. The van der Waals surface area contributed by atoms with Crippen molar-refractivity contribution >= 4 is 16.9 Å². The number of benzene rings is 1. The van der Waals surface area contributed by atoms with Crippen molar-refractivity contribution in [2.24, 2.45) is 5.92 Å². The summed E-state index contributed by atoms with van der Waals surface area (Å²) < 4.78 is 10.9. The molecule has 0 bridgehead atoms. The summed E-state index contributed by atoms with van der Waals surface area (Å²) in [6.45, 7) is 4.83. The molecule has 6 heteroatoms. The molecule has 156 valence electrons. The predicted molar refractivity (Wildman–Crippen MR) is 110 cm³/mol. The second-order valence-corrected chi connectivity index (χ2v) is 8.58. The lowest BCUT2D eigenvalue weighted by molar-refractivity contribution is -0.142. The second kappa shape index (κ2) is 7.48. The molecule has 1 aliphatic carbocycles. The third kappa shape index (κ3) is 3.44. The molecular formula is C23H29NO5. The molecule has 1 saturated carbocycles. The number of piperidine rings is 1. The van der Waals surface area contributed by atoms with Crippen molar-refractivity contribution in [3.63, 3.8) is 0 Å². The van der Waals surface area contributed by atoms with Crippen LogP contribution in [0.4, 0.5) is 0 Å². The Morgan fingerprint density at radius 2 is 2.07 bits per heavy atom. The number of amides is 1. The van der Waals surface area contributed by atoms with Crippen molar-refractivity contribution in [3.8, 4) is 5.75 Å². The lowest BCUT2D eigenvalue weighted by Gasteiger charge is -2.47. The number of carbonyl (C=O) groups excluding carboxylic acids is 1. The van der Waals surface area contributed by atoms with E-state index in [2.05, 4.69) is 0 Å². The zero-order valence-electron chi connectivity index (χ0n) is 17.4. The highest BCUT2D eigenvalue weighted by Gasteiger charge is 2.43. The first-order chi connectivity index (χ1) is 13.8. The molecule has 2 heterocycles. The maximum atomic E-state index is 13.0. The monoisotopic (exact) mass is 399 g/mol. The van der Waals surface area contributed by atoms with E-state index in [1.807, 2.05) is 30.9 Å². The fraction of sp³-hybridized carbons (Fsp3) is 0.565. The molecule has 1 N–H and O–H groups in total. The molecule has 0 spiro atoms. The van der Waals surface area contributed by atoms with Crippen LogP contribution in [0.15, 0.2) is 21.3 Å². The van der Waals surface area contributed by atoms with Gasteiger partial charge >= 0.3 is 5.63 Å². The van der Waals surface area contributed by atoms with Crippen molar-refractivity contribution in [1.29, 1.82) is 0 Å². The maximum absolute atomic E-state index is 13.0. The molecule has 29 heavy (non-hydrogen) atoms. The van der Waals surface area contributed by atoms with Gasteiger partial charge in [0.25, 0.3) is 0 Å². The first-order valence-electron chi connectivity index (χ1n) is 10.4. The van der Waals surface area contributed by atoms with Crippen molar-refractivity contribution in [3.05, 3.63) is 39.2 Å². The lowest BCUT2D eigenvalue weighted by atomic mass is 9.71. The van der Waals surface area contributed by atoms with Crippen molar-refractivity contribution in [1.82, 2.24) is 4.90 Å². The molecule has 1 aromatic carbocycles. The van der Waals surface area contributed by atoms with Crippen LogP contribution < -0.4 is 10.4 Å². The lowest BCUT2D eigenvalue weighted by Crippen LogP contribution is -2.55. The number of aryl methyl sites for hydroxylation is 2. The van der Waals surface area contributed by atoms with Crippen LogP contribution in [0.3, 0.4) is 0 Å². The van der Waals surface area contributed by atoms with Crippen LogP contribution in [-0.2, 0) is 11.2 Å². The average Bonchev–Trinajstić information content (AvgIpc) is 2.71. The summed E-state index contributed by atoms with van der Waals surface area (Å²) in [5.41, 5.74) is 1.39. The van der Waals surface area contributed by atoms with Crippen LogP contribution >= 0.6 is 0 Å².